The van der Waals surface area contributed by atoms with Gasteiger partial charge < -0.3 is 10.1 Å². The van der Waals surface area contributed by atoms with Gasteiger partial charge in [-0.25, -0.2) is 0 Å². The van der Waals surface area contributed by atoms with Crippen molar-refractivity contribution in [1.82, 2.24) is 5.32 Å². The molecule has 8 heteroatoms. The molecular formula is C19H14Cl2N2O3S. The van der Waals surface area contributed by atoms with Gasteiger partial charge in [-0.15, -0.1) is 0 Å². The molecule has 1 aliphatic rings. The molecule has 2 aromatic rings. The van der Waals surface area contributed by atoms with Crippen LogP contribution in [-0.4, -0.2) is 17.0 Å². The van der Waals surface area contributed by atoms with E-state index in [1.807, 2.05) is 18.2 Å². The number of amidine groups is 1. The molecule has 0 aromatic heterocycles. The van der Waals surface area contributed by atoms with E-state index in [2.05, 4.69) is 10.3 Å². The Labute approximate surface area is 170 Å². The Morgan fingerprint density at radius 1 is 1.26 bits per heavy atom. The molecule has 1 heterocycles. The molecule has 0 bridgehead atoms. The minimum absolute atomic E-state index is 0.255. The summed E-state index contributed by atoms with van der Waals surface area (Å²) in [6.07, 6.45) is 1.68. The second-order valence-electron chi connectivity index (χ2n) is 5.58. The van der Waals surface area contributed by atoms with E-state index in [9.17, 15) is 9.59 Å². The molecule has 1 aliphatic heterocycles. The summed E-state index contributed by atoms with van der Waals surface area (Å²) in [5.74, 6) is -0.0874. The first-order valence-electron chi connectivity index (χ1n) is 7.88. The minimum Gasteiger partial charge on any atom is -0.488 e. The highest BCUT2D eigenvalue weighted by Crippen LogP contribution is 2.31. The van der Waals surface area contributed by atoms with E-state index in [-0.39, 0.29) is 17.7 Å². The maximum atomic E-state index is 12.0. The van der Waals surface area contributed by atoms with Crippen LogP contribution < -0.4 is 10.1 Å². The average Bonchev–Trinajstić information content (AvgIpc) is 2.93. The lowest BCUT2D eigenvalue weighted by atomic mass is 10.2. The van der Waals surface area contributed by atoms with Crippen molar-refractivity contribution in [2.45, 2.75) is 13.5 Å². The second-order valence-corrected chi connectivity index (χ2v) is 7.45. The lowest BCUT2D eigenvalue weighted by Gasteiger charge is -2.11. The van der Waals surface area contributed by atoms with Crippen LogP contribution in [0.5, 0.6) is 5.75 Å². The number of hydrogen-bond acceptors (Lipinski definition) is 4. The quantitative estimate of drug-likeness (QED) is 0.729. The van der Waals surface area contributed by atoms with E-state index in [0.717, 1.165) is 22.9 Å². The summed E-state index contributed by atoms with van der Waals surface area (Å²) < 4.78 is 5.88. The SMILES string of the molecule is CC(=O)NC1=NC(=O)/C(=C/c2ccccc2OCc2ccc(Cl)cc2Cl)S1. The third-order valence-electron chi connectivity index (χ3n) is 3.51. The first-order valence-corrected chi connectivity index (χ1v) is 9.45. The number of aliphatic imine (C=N–C) groups is 1. The topological polar surface area (TPSA) is 67.8 Å². The summed E-state index contributed by atoms with van der Waals surface area (Å²) in [6, 6.07) is 12.5. The van der Waals surface area contributed by atoms with E-state index in [1.165, 1.54) is 6.92 Å². The van der Waals surface area contributed by atoms with Crippen LogP contribution in [0.4, 0.5) is 0 Å². The van der Waals surface area contributed by atoms with E-state index >= 15 is 0 Å². The number of amides is 2. The molecule has 27 heavy (non-hydrogen) atoms. The van der Waals surface area contributed by atoms with Gasteiger partial charge in [0.2, 0.25) is 5.91 Å². The van der Waals surface area contributed by atoms with Gasteiger partial charge in [-0.1, -0.05) is 47.5 Å². The van der Waals surface area contributed by atoms with Crippen LogP contribution in [0.15, 0.2) is 52.4 Å². The lowest BCUT2D eigenvalue weighted by Crippen LogP contribution is -2.23. The molecule has 0 saturated heterocycles. The van der Waals surface area contributed by atoms with Gasteiger partial charge in [0.15, 0.2) is 5.17 Å². The third kappa shape index (κ3) is 5.13. The van der Waals surface area contributed by atoms with Gasteiger partial charge in [-0.05, 0) is 36.0 Å². The minimum atomic E-state index is -0.403. The molecule has 5 nitrogen and oxygen atoms in total. The zero-order chi connectivity index (χ0) is 19.4. The van der Waals surface area contributed by atoms with Crippen molar-refractivity contribution in [2.75, 3.05) is 0 Å². The van der Waals surface area contributed by atoms with Gasteiger partial charge in [0, 0.05) is 28.1 Å². The van der Waals surface area contributed by atoms with Crippen LogP contribution in [0.1, 0.15) is 18.1 Å². The molecule has 0 radical (unpaired) electrons. The summed E-state index contributed by atoms with van der Waals surface area (Å²) in [5, 5.41) is 3.86. The smallest absolute Gasteiger partial charge is 0.286 e. The standard InChI is InChI=1S/C19H14Cl2N2O3S/c1-11(24)22-19-23-18(25)17(27-19)8-12-4-2-3-5-16(12)26-10-13-6-7-14(20)9-15(13)21/h2-9H,10H2,1H3,(H,22,23,24,25)/b17-8-. The van der Waals surface area contributed by atoms with E-state index in [4.69, 9.17) is 27.9 Å². The number of carbonyl (C=O) groups excluding carboxylic acids is 2. The molecule has 1 N–H and O–H groups in total. The predicted molar refractivity (Wildman–Crippen MR) is 109 cm³/mol. The van der Waals surface area contributed by atoms with Gasteiger partial charge in [-0.2, -0.15) is 4.99 Å². The summed E-state index contributed by atoms with van der Waals surface area (Å²) in [4.78, 5) is 27.4. The number of ether oxygens (including phenoxy) is 1. The zero-order valence-electron chi connectivity index (χ0n) is 14.2. The van der Waals surface area contributed by atoms with E-state index in [1.54, 1.807) is 30.3 Å². The largest absolute Gasteiger partial charge is 0.488 e. The number of thioether (sulfide) groups is 1. The highest BCUT2D eigenvalue weighted by atomic mass is 35.5. The van der Waals surface area contributed by atoms with Crippen molar-refractivity contribution in [3.63, 3.8) is 0 Å². The summed E-state index contributed by atoms with van der Waals surface area (Å²) in [6.45, 7) is 1.62. The highest BCUT2D eigenvalue weighted by molar-refractivity contribution is 8.18. The van der Waals surface area contributed by atoms with E-state index in [0.29, 0.717) is 20.7 Å². The Morgan fingerprint density at radius 3 is 2.78 bits per heavy atom. The number of para-hydroxylation sites is 1. The Hall–Kier alpha value is -2.28. The lowest BCUT2D eigenvalue weighted by molar-refractivity contribution is -0.117. The molecule has 0 unspecified atom stereocenters. The molecule has 0 atom stereocenters. The van der Waals surface area contributed by atoms with Crippen LogP contribution >= 0.6 is 35.0 Å². The number of hydrogen-bond donors (Lipinski definition) is 1. The van der Waals surface area contributed by atoms with Crippen molar-refractivity contribution in [3.05, 3.63) is 68.5 Å². The van der Waals surface area contributed by atoms with Crippen molar-refractivity contribution in [2.24, 2.45) is 4.99 Å². The van der Waals surface area contributed by atoms with E-state index < -0.39 is 5.91 Å². The first-order chi connectivity index (χ1) is 12.9. The molecule has 0 fully saturated rings. The highest BCUT2D eigenvalue weighted by Gasteiger charge is 2.23. The number of rotatable bonds is 4. The number of nitrogens with one attached hydrogen (secondary N) is 1. The number of nitrogens with zero attached hydrogens (tertiary/aromatic N) is 1. The molecule has 2 aromatic carbocycles. The van der Waals surface area contributed by atoms with Crippen LogP contribution in [0.25, 0.3) is 6.08 Å². The molecule has 0 aliphatic carbocycles. The first kappa shape index (κ1) is 19.5. The number of halogens is 2. The molecule has 2 amide bonds. The van der Waals surface area contributed by atoms with Crippen LogP contribution in [-0.2, 0) is 16.2 Å². The van der Waals surface area contributed by atoms with Crippen molar-refractivity contribution in [1.29, 1.82) is 0 Å². The average molecular weight is 421 g/mol. The molecular weight excluding hydrogens is 407 g/mol. The molecule has 3 rings (SSSR count). The summed E-state index contributed by atoms with van der Waals surface area (Å²) in [5.41, 5.74) is 1.52. The Balaban J connectivity index is 1.77. The maximum Gasteiger partial charge on any atom is 0.286 e. The fourth-order valence-electron chi connectivity index (χ4n) is 2.28. The number of carbonyl (C=O) groups is 2. The van der Waals surface area contributed by atoms with Gasteiger partial charge >= 0.3 is 0 Å². The van der Waals surface area contributed by atoms with Crippen LogP contribution in [0.3, 0.4) is 0 Å². The monoisotopic (exact) mass is 420 g/mol. The van der Waals surface area contributed by atoms with Gasteiger partial charge in [0.25, 0.3) is 5.91 Å². The van der Waals surface area contributed by atoms with Gasteiger partial charge in [0.05, 0.1) is 4.91 Å². The fraction of sp³-hybridized carbons (Fsp3) is 0.105. The zero-order valence-corrected chi connectivity index (χ0v) is 16.5. The Bertz CT molecular complexity index is 973. The third-order valence-corrected chi connectivity index (χ3v) is 4.99. The summed E-state index contributed by atoms with van der Waals surface area (Å²) >= 11 is 13.2. The summed E-state index contributed by atoms with van der Waals surface area (Å²) in [7, 11) is 0. The van der Waals surface area contributed by atoms with Gasteiger partial charge in [0.1, 0.15) is 12.4 Å². The maximum absolute atomic E-state index is 12.0. The van der Waals surface area contributed by atoms with Crippen LogP contribution in [0.2, 0.25) is 10.0 Å². The molecule has 0 saturated carbocycles. The molecule has 0 spiro atoms. The van der Waals surface area contributed by atoms with Crippen molar-refractivity contribution >= 4 is 58.0 Å². The van der Waals surface area contributed by atoms with Crippen LogP contribution in [0, 0.1) is 0 Å². The normalized spacial score (nSPS) is 15.0. The predicted octanol–water partition coefficient (Wildman–Crippen LogP) is 4.68. The van der Waals surface area contributed by atoms with Gasteiger partial charge in [-0.3, -0.25) is 9.59 Å². The fourth-order valence-corrected chi connectivity index (χ4v) is 3.59. The Kier molecular flexibility index (Phi) is 6.21. The Morgan fingerprint density at radius 2 is 2.04 bits per heavy atom. The van der Waals surface area contributed by atoms with Crippen molar-refractivity contribution in [3.8, 4) is 5.75 Å². The molecule has 138 valence electrons. The second kappa shape index (κ2) is 8.61. The van der Waals surface area contributed by atoms with Crippen molar-refractivity contribution < 1.29 is 14.3 Å². The number of benzene rings is 2.